The van der Waals surface area contributed by atoms with Gasteiger partial charge in [-0.25, -0.2) is 9.97 Å². The summed E-state index contributed by atoms with van der Waals surface area (Å²) in [5, 5.41) is 0. The number of nitrogen functional groups attached to an aromatic ring is 1. The molecule has 2 heterocycles. The minimum atomic E-state index is -0.667. The van der Waals surface area contributed by atoms with Crippen molar-refractivity contribution in [1.29, 1.82) is 0 Å². The number of rotatable bonds is 10. The number of nitrogens with zero attached hydrogens (tertiary/aromatic N) is 3. The molecule has 0 aliphatic rings. The predicted octanol–water partition coefficient (Wildman–Crippen LogP) is 3.60. The Balaban J connectivity index is 2.08. The second-order valence-corrected chi connectivity index (χ2v) is 8.06. The second-order valence-electron chi connectivity index (χ2n) is 6.36. The molecule has 1 atom stereocenters. The highest BCUT2D eigenvalue weighted by Crippen LogP contribution is 2.24. The summed E-state index contributed by atoms with van der Waals surface area (Å²) >= 11 is 0. The fourth-order valence-electron chi connectivity index (χ4n) is 2.96. The van der Waals surface area contributed by atoms with Crippen molar-refractivity contribution < 1.29 is 4.21 Å². The lowest BCUT2D eigenvalue weighted by molar-refractivity contribution is 0.608. The summed E-state index contributed by atoms with van der Waals surface area (Å²) in [4.78, 5) is 8.96. The van der Waals surface area contributed by atoms with Gasteiger partial charge >= 0.3 is 0 Å². The van der Waals surface area contributed by atoms with Gasteiger partial charge in [-0.15, -0.1) is 0 Å². The number of aromatic nitrogens is 3. The van der Waals surface area contributed by atoms with Crippen LogP contribution in [0.15, 0.2) is 6.20 Å². The van der Waals surface area contributed by atoms with E-state index >= 15 is 0 Å². The van der Waals surface area contributed by atoms with Gasteiger partial charge in [-0.3, -0.25) is 4.21 Å². The molecule has 6 heteroatoms. The molecule has 0 saturated heterocycles. The molecule has 0 fully saturated rings. The minimum Gasteiger partial charge on any atom is -0.382 e. The zero-order chi connectivity index (χ0) is 17.5. The Labute approximate surface area is 147 Å². The molecule has 1 unspecified atom stereocenters. The first-order valence-electron chi connectivity index (χ1n) is 9.03. The number of hydrogen-bond acceptors (Lipinski definition) is 4. The van der Waals surface area contributed by atoms with Crippen LogP contribution >= 0.6 is 0 Å². The van der Waals surface area contributed by atoms with Gasteiger partial charge in [0.25, 0.3) is 0 Å². The summed E-state index contributed by atoms with van der Waals surface area (Å²) in [6.45, 7) is 7.26. The van der Waals surface area contributed by atoms with Crippen molar-refractivity contribution in [2.45, 2.75) is 65.8 Å². The fraction of sp³-hybridized carbons (Fsp3) is 0.667. The van der Waals surface area contributed by atoms with E-state index < -0.39 is 10.8 Å². The first-order chi connectivity index (χ1) is 11.6. The van der Waals surface area contributed by atoms with Gasteiger partial charge in [0.05, 0.1) is 5.52 Å². The van der Waals surface area contributed by atoms with E-state index in [1.165, 1.54) is 0 Å². The monoisotopic (exact) mass is 350 g/mol. The van der Waals surface area contributed by atoms with E-state index in [2.05, 4.69) is 30.3 Å². The van der Waals surface area contributed by atoms with Crippen molar-refractivity contribution in [3.8, 4) is 0 Å². The number of aryl methyl sites for hydroxylation is 3. The molecule has 0 spiro atoms. The lowest BCUT2D eigenvalue weighted by Crippen LogP contribution is -2.07. The van der Waals surface area contributed by atoms with Gasteiger partial charge in [-0.1, -0.05) is 20.3 Å². The van der Waals surface area contributed by atoms with Crippen LogP contribution in [0.3, 0.4) is 0 Å². The highest BCUT2D eigenvalue weighted by atomic mass is 32.2. The SMILES string of the molecule is CCCCS(=O)CCCCn1c(CCC)nc2c(N)ncc(C)c21. The van der Waals surface area contributed by atoms with Crippen molar-refractivity contribution in [2.75, 3.05) is 17.2 Å². The summed E-state index contributed by atoms with van der Waals surface area (Å²) in [7, 11) is -0.667. The molecule has 0 amide bonds. The van der Waals surface area contributed by atoms with Crippen LogP contribution in [0.25, 0.3) is 11.0 Å². The van der Waals surface area contributed by atoms with Gasteiger partial charge in [0.15, 0.2) is 5.82 Å². The zero-order valence-electron chi connectivity index (χ0n) is 15.2. The summed E-state index contributed by atoms with van der Waals surface area (Å²) in [5.41, 5.74) is 9.06. The standard InChI is InChI=1S/C18H30N4OS/c1-4-6-11-24(23)12-8-7-10-22-15(9-5-2)21-16-17(22)14(3)13-20-18(16)19/h13H,4-12H2,1-3H3,(H2,19,20). The normalized spacial score (nSPS) is 12.8. The summed E-state index contributed by atoms with van der Waals surface area (Å²) in [6, 6.07) is 0. The molecule has 5 nitrogen and oxygen atoms in total. The summed E-state index contributed by atoms with van der Waals surface area (Å²) in [6.07, 6.45) is 7.99. The molecule has 24 heavy (non-hydrogen) atoms. The number of unbranched alkanes of at least 4 members (excludes halogenated alkanes) is 2. The number of nitrogens with two attached hydrogens (primary N) is 1. The lowest BCUT2D eigenvalue weighted by Gasteiger charge is -2.10. The molecule has 0 aromatic carbocycles. The van der Waals surface area contributed by atoms with E-state index in [9.17, 15) is 4.21 Å². The Kier molecular flexibility index (Phi) is 7.21. The van der Waals surface area contributed by atoms with Gasteiger partial charge in [0.2, 0.25) is 0 Å². The topological polar surface area (TPSA) is 73.8 Å². The summed E-state index contributed by atoms with van der Waals surface area (Å²) < 4.78 is 14.2. The molecule has 2 aromatic heterocycles. The second kappa shape index (κ2) is 9.16. The third kappa shape index (κ3) is 4.56. The number of fused-ring (bicyclic) bond motifs is 1. The minimum absolute atomic E-state index is 0.507. The Morgan fingerprint density at radius 1 is 1.17 bits per heavy atom. The Morgan fingerprint density at radius 3 is 2.62 bits per heavy atom. The van der Waals surface area contributed by atoms with E-state index in [0.29, 0.717) is 5.82 Å². The average molecular weight is 351 g/mol. The number of anilines is 1. The highest BCUT2D eigenvalue weighted by molar-refractivity contribution is 7.84. The Morgan fingerprint density at radius 2 is 1.92 bits per heavy atom. The first kappa shape index (κ1) is 18.9. The molecule has 0 aliphatic carbocycles. The van der Waals surface area contributed by atoms with Crippen LogP contribution in [-0.4, -0.2) is 30.2 Å². The van der Waals surface area contributed by atoms with Gasteiger partial charge in [-0.2, -0.15) is 0 Å². The van der Waals surface area contributed by atoms with Crippen molar-refractivity contribution in [3.63, 3.8) is 0 Å². The van der Waals surface area contributed by atoms with Gasteiger partial charge in [0, 0.05) is 41.5 Å². The number of imidazole rings is 1. The smallest absolute Gasteiger partial charge is 0.151 e. The predicted molar refractivity (Wildman–Crippen MR) is 103 cm³/mol. The molecule has 0 radical (unpaired) electrons. The summed E-state index contributed by atoms with van der Waals surface area (Å²) in [5.74, 6) is 3.24. The Hall–Kier alpha value is -1.43. The quantitative estimate of drug-likeness (QED) is 0.664. The van der Waals surface area contributed by atoms with E-state index in [4.69, 9.17) is 10.7 Å². The third-order valence-electron chi connectivity index (χ3n) is 4.26. The highest BCUT2D eigenvalue weighted by Gasteiger charge is 2.15. The molecule has 0 aliphatic heterocycles. The zero-order valence-corrected chi connectivity index (χ0v) is 16.0. The largest absolute Gasteiger partial charge is 0.382 e. The van der Waals surface area contributed by atoms with Gasteiger partial charge < -0.3 is 10.3 Å². The van der Waals surface area contributed by atoms with Gasteiger partial charge in [0.1, 0.15) is 11.3 Å². The van der Waals surface area contributed by atoms with Crippen molar-refractivity contribution in [1.82, 2.24) is 14.5 Å². The molecule has 2 N–H and O–H groups in total. The van der Waals surface area contributed by atoms with Crippen LogP contribution in [-0.2, 0) is 23.8 Å². The fourth-order valence-corrected chi connectivity index (χ4v) is 4.30. The average Bonchev–Trinajstić information content (AvgIpc) is 2.93. The van der Waals surface area contributed by atoms with Crippen LogP contribution in [0.2, 0.25) is 0 Å². The van der Waals surface area contributed by atoms with Crippen molar-refractivity contribution in [3.05, 3.63) is 17.6 Å². The van der Waals surface area contributed by atoms with E-state index in [-0.39, 0.29) is 0 Å². The van der Waals surface area contributed by atoms with E-state index in [1.54, 1.807) is 0 Å². The van der Waals surface area contributed by atoms with E-state index in [1.807, 2.05) is 6.20 Å². The van der Waals surface area contributed by atoms with Crippen LogP contribution < -0.4 is 5.73 Å². The van der Waals surface area contributed by atoms with E-state index in [0.717, 1.165) is 79.0 Å². The van der Waals surface area contributed by atoms with Crippen molar-refractivity contribution >= 4 is 27.7 Å². The van der Waals surface area contributed by atoms with Crippen molar-refractivity contribution in [2.24, 2.45) is 0 Å². The molecule has 0 bridgehead atoms. The molecule has 2 aromatic rings. The van der Waals surface area contributed by atoms with Crippen LogP contribution in [0.4, 0.5) is 5.82 Å². The lowest BCUT2D eigenvalue weighted by atomic mass is 10.2. The molecule has 0 saturated carbocycles. The third-order valence-corrected chi connectivity index (χ3v) is 5.75. The Bertz CT molecular complexity index is 696. The molecular formula is C18H30N4OS. The van der Waals surface area contributed by atoms with Gasteiger partial charge in [-0.05, 0) is 38.2 Å². The van der Waals surface area contributed by atoms with Crippen LogP contribution in [0.1, 0.15) is 57.3 Å². The van der Waals surface area contributed by atoms with Crippen LogP contribution in [0, 0.1) is 6.92 Å². The maximum atomic E-state index is 11.9. The molecular weight excluding hydrogens is 320 g/mol. The molecule has 134 valence electrons. The first-order valence-corrected chi connectivity index (χ1v) is 10.5. The number of hydrogen-bond donors (Lipinski definition) is 1. The maximum Gasteiger partial charge on any atom is 0.151 e. The number of pyridine rings is 1. The van der Waals surface area contributed by atoms with Crippen LogP contribution in [0.5, 0.6) is 0 Å². The molecule has 2 rings (SSSR count). The maximum absolute atomic E-state index is 11.9.